The summed E-state index contributed by atoms with van der Waals surface area (Å²) in [5.74, 6) is 2.20. The van der Waals surface area contributed by atoms with Gasteiger partial charge in [-0.15, -0.1) is 0 Å². The van der Waals surface area contributed by atoms with Crippen molar-refractivity contribution in [1.29, 1.82) is 0 Å². The highest BCUT2D eigenvalue weighted by molar-refractivity contribution is 5.50. The predicted molar refractivity (Wildman–Crippen MR) is 93.8 cm³/mol. The molecule has 3 nitrogen and oxygen atoms in total. The van der Waals surface area contributed by atoms with Crippen LogP contribution in [0.2, 0.25) is 0 Å². The van der Waals surface area contributed by atoms with E-state index in [4.69, 9.17) is 4.74 Å². The Morgan fingerprint density at radius 3 is 1.09 bits per heavy atom. The fraction of sp³-hybridized carbons (Fsp3) is 0.400. The molecule has 2 aromatic carbocycles. The van der Waals surface area contributed by atoms with Crippen LogP contribution in [-0.2, 0) is 25.7 Å². The van der Waals surface area contributed by atoms with Crippen molar-refractivity contribution in [2.75, 3.05) is 0 Å². The summed E-state index contributed by atoms with van der Waals surface area (Å²) < 4.78 is 6.04. The molecule has 0 atom stereocenters. The summed E-state index contributed by atoms with van der Waals surface area (Å²) in [6, 6.07) is 7.55. The van der Waals surface area contributed by atoms with Crippen LogP contribution in [0.3, 0.4) is 0 Å². The van der Waals surface area contributed by atoms with Crippen molar-refractivity contribution >= 4 is 0 Å². The highest BCUT2D eigenvalue weighted by atomic mass is 16.5. The smallest absolute Gasteiger partial charge is 0.128 e. The second kappa shape index (κ2) is 7.40. The quantitative estimate of drug-likeness (QED) is 0.776. The summed E-state index contributed by atoms with van der Waals surface area (Å²) in [4.78, 5) is 0. The standard InChI is InChI=1S/C20H26O3/c1-5-13-9-17(10-14(6-2)19(13)21)23-18-11-15(7-3)20(22)16(8-4)12-18/h9-12,21-22H,5-8H2,1-4H3. The molecular formula is C20H26O3. The molecule has 0 fully saturated rings. The SMILES string of the molecule is CCc1cc(Oc2cc(CC)c(O)c(CC)c2)cc(CC)c1O. The zero-order valence-corrected chi connectivity index (χ0v) is 14.4. The highest BCUT2D eigenvalue weighted by Gasteiger charge is 2.12. The number of aryl methyl sites for hydroxylation is 4. The Morgan fingerprint density at radius 1 is 0.609 bits per heavy atom. The second-order valence-electron chi connectivity index (χ2n) is 5.70. The first kappa shape index (κ1) is 17.2. The zero-order chi connectivity index (χ0) is 17.0. The van der Waals surface area contributed by atoms with E-state index in [1.54, 1.807) is 0 Å². The van der Waals surface area contributed by atoms with Gasteiger partial charge < -0.3 is 14.9 Å². The van der Waals surface area contributed by atoms with Crippen LogP contribution in [-0.4, -0.2) is 10.2 Å². The van der Waals surface area contributed by atoms with Crippen LogP contribution >= 0.6 is 0 Å². The van der Waals surface area contributed by atoms with Gasteiger partial charge in [0.05, 0.1) is 0 Å². The molecule has 0 heterocycles. The van der Waals surface area contributed by atoms with Crippen molar-refractivity contribution in [2.45, 2.75) is 53.4 Å². The van der Waals surface area contributed by atoms with Gasteiger partial charge in [0.15, 0.2) is 0 Å². The van der Waals surface area contributed by atoms with Crippen molar-refractivity contribution in [1.82, 2.24) is 0 Å². The van der Waals surface area contributed by atoms with E-state index >= 15 is 0 Å². The van der Waals surface area contributed by atoms with E-state index in [-0.39, 0.29) is 0 Å². The Morgan fingerprint density at radius 2 is 0.870 bits per heavy atom. The highest BCUT2D eigenvalue weighted by Crippen LogP contribution is 2.35. The average molecular weight is 314 g/mol. The maximum Gasteiger partial charge on any atom is 0.128 e. The molecular weight excluding hydrogens is 288 g/mol. The monoisotopic (exact) mass is 314 g/mol. The lowest BCUT2D eigenvalue weighted by molar-refractivity contribution is 0.446. The van der Waals surface area contributed by atoms with Gasteiger partial charge in [0.25, 0.3) is 0 Å². The number of phenolic OH excluding ortho intramolecular Hbond substituents is 2. The van der Waals surface area contributed by atoms with E-state index in [0.717, 1.165) is 59.4 Å². The van der Waals surface area contributed by atoms with Crippen LogP contribution in [0.1, 0.15) is 49.9 Å². The first-order valence-corrected chi connectivity index (χ1v) is 8.41. The molecule has 0 amide bonds. The minimum absolute atomic E-state index is 0.372. The molecule has 2 aromatic rings. The fourth-order valence-corrected chi connectivity index (χ4v) is 2.79. The van der Waals surface area contributed by atoms with Gasteiger partial charge >= 0.3 is 0 Å². The average Bonchev–Trinajstić information content (AvgIpc) is 2.57. The molecule has 0 aliphatic heterocycles. The number of phenols is 2. The maximum atomic E-state index is 10.2. The van der Waals surface area contributed by atoms with Crippen LogP contribution in [0.25, 0.3) is 0 Å². The van der Waals surface area contributed by atoms with Crippen LogP contribution in [0, 0.1) is 0 Å². The minimum atomic E-state index is 0.372. The molecule has 0 aliphatic rings. The van der Waals surface area contributed by atoms with Crippen molar-refractivity contribution in [2.24, 2.45) is 0 Å². The molecule has 0 saturated heterocycles. The van der Waals surface area contributed by atoms with Gasteiger partial charge in [0.2, 0.25) is 0 Å². The van der Waals surface area contributed by atoms with E-state index in [1.807, 2.05) is 52.0 Å². The van der Waals surface area contributed by atoms with E-state index in [9.17, 15) is 10.2 Å². The lowest BCUT2D eigenvalue weighted by Crippen LogP contribution is -1.95. The summed E-state index contributed by atoms with van der Waals surface area (Å²) in [6.45, 7) is 8.07. The normalized spacial score (nSPS) is 10.8. The van der Waals surface area contributed by atoms with Gasteiger partial charge in [-0.3, -0.25) is 0 Å². The predicted octanol–water partition coefficient (Wildman–Crippen LogP) is 5.14. The van der Waals surface area contributed by atoms with Crippen LogP contribution in [0.15, 0.2) is 24.3 Å². The molecule has 0 aromatic heterocycles. The number of aromatic hydroxyl groups is 2. The first-order chi connectivity index (χ1) is 11.0. The molecule has 0 saturated carbocycles. The minimum Gasteiger partial charge on any atom is -0.507 e. The molecule has 0 bridgehead atoms. The fourth-order valence-electron chi connectivity index (χ4n) is 2.79. The lowest BCUT2D eigenvalue weighted by Gasteiger charge is -2.15. The van der Waals surface area contributed by atoms with E-state index in [2.05, 4.69) is 0 Å². The van der Waals surface area contributed by atoms with Crippen LogP contribution in [0.5, 0.6) is 23.0 Å². The van der Waals surface area contributed by atoms with Crippen molar-refractivity contribution in [3.8, 4) is 23.0 Å². The molecule has 2 N–H and O–H groups in total. The summed E-state index contributed by atoms with van der Waals surface area (Å²) in [5, 5.41) is 20.4. The van der Waals surface area contributed by atoms with E-state index < -0.39 is 0 Å². The molecule has 124 valence electrons. The summed E-state index contributed by atoms with van der Waals surface area (Å²) in [6.07, 6.45) is 3.02. The lowest BCUT2D eigenvalue weighted by atomic mass is 10.0. The molecule has 0 spiro atoms. The Kier molecular flexibility index (Phi) is 5.54. The van der Waals surface area contributed by atoms with Gasteiger partial charge in [0.1, 0.15) is 23.0 Å². The van der Waals surface area contributed by atoms with Crippen LogP contribution < -0.4 is 4.74 Å². The molecule has 23 heavy (non-hydrogen) atoms. The third kappa shape index (κ3) is 3.61. The van der Waals surface area contributed by atoms with E-state index in [0.29, 0.717) is 11.5 Å². The van der Waals surface area contributed by atoms with Crippen molar-refractivity contribution < 1.29 is 14.9 Å². The summed E-state index contributed by atoms with van der Waals surface area (Å²) in [5.41, 5.74) is 3.57. The Bertz CT molecular complexity index is 580. The number of benzene rings is 2. The van der Waals surface area contributed by atoms with Gasteiger partial charge in [-0.05, 0) is 72.2 Å². The number of hydrogen-bond acceptors (Lipinski definition) is 3. The summed E-state index contributed by atoms with van der Waals surface area (Å²) >= 11 is 0. The zero-order valence-electron chi connectivity index (χ0n) is 14.4. The Labute approximate surface area is 138 Å². The van der Waals surface area contributed by atoms with Gasteiger partial charge in [-0.25, -0.2) is 0 Å². The largest absolute Gasteiger partial charge is 0.507 e. The number of hydrogen-bond donors (Lipinski definition) is 2. The molecule has 0 radical (unpaired) electrons. The third-order valence-corrected chi connectivity index (χ3v) is 4.24. The van der Waals surface area contributed by atoms with Gasteiger partial charge in [-0.2, -0.15) is 0 Å². The maximum absolute atomic E-state index is 10.2. The summed E-state index contributed by atoms with van der Waals surface area (Å²) in [7, 11) is 0. The van der Waals surface area contributed by atoms with Crippen molar-refractivity contribution in [3.05, 3.63) is 46.5 Å². The topological polar surface area (TPSA) is 49.7 Å². The molecule has 2 rings (SSSR count). The first-order valence-electron chi connectivity index (χ1n) is 8.41. The second-order valence-corrected chi connectivity index (χ2v) is 5.70. The third-order valence-electron chi connectivity index (χ3n) is 4.24. The molecule has 3 heteroatoms. The van der Waals surface area contributed by atoms with Crippen molar-refractivity contribution in [3.63, 3.8) is 0 Å². The van der Waals surface area contributed by atoms with E-state index in [1.165, 1.54) is 0 Å². The number of ether oxygens (including phenoxy) is 1. The Hall–Kier alpha value is -2.16. The molecule has 0 unspecified atom stereocenters. The van der Waals surface area contributed by atoms with Gasteiger partial charge in [0, 0.05) is 0 Å². The molecule has 0 aliphatic carbocycles. The Balaban J connectivity index is 2.43. The van der Waals surface area contributed by atoms with Gasteiger partial charge in [-0.1, -0.05) is 27.7 Å². The number of rotatable bonds is 6. The van der Waals surface area contributed by atoms with Crippen LogP contribution in [0.4, 0.5) is 0 Å².